The molecule has 3 aromatic rings. The van der Waals surface area contributed by atoms with Crippen molar-refractivity contribution in [3.63, 3.8) is 0 Å². The second-order valence-corrected chi connectivity index (χ2v) is 9.46. The summed E-state index contributed by atoms with van der Waals surface area (Å²) in [5, 5.41) is 3.24. The molecule has 0 aliphatic heterocycles. The second-order valence-electron chi connectivity index (χ2n) is 6.96. The average molecular weight is 463 g/mol. The van der Waals surface area contributed by atoms with Crippen LogP contribution in [0.4, 0.5) is 11.4 Å². The summed E-state index contributed by atoms with van der Waals surface area (Å²) in [5.74, 6) is -0.473. The first-order chi connectivity index (χ1) is 14.1. The van der Waals surface area contributed by atoms with Crippen LogP contribution in [0.15, 0.2) is 59.5 Å². The summed E-state index contributed by atoms with van der Waals surface area (Å²) < 4.78 is 28.3. The monoisotopic (exact) mass is 462 g/mol. The van der Waals surface area contributed by atoms with Crippen molar-refractivity contribution in [3.8, 4) is 0 Å². The molecule has 0 fully saturated rings. The van der Waals surface area contributed by atoms with Gasteiger partial charge in [0.15, 0.2) is 0 Å². The lowest BCUT2D eigenvalue weighted by molar-refractivity contribution is 0.102. The molecular weight excluding hydrogens is 443 g/mol. The zero-order chi connectivity index (χ0) is 22.1. The van der Waals surface area contributed by atoms with Crippen LogP contribution in [0.1, 0.15) is 27.0 Å². The predicted molar refractivity (Wildman–Crippen MR) is 122 cm³/mol. The number of rotatable bonds is 5. The molecule has 2 N–H and O–H groups in total. The standard InChI is InChI=1S/C22H20Cl2N2O3S/c1-13-5-8-18(10-15(13)3)26-30(28,29)21-11-16(6-9-19(21)24)22(27)25-20-12-17(23)7-4-14(20)2/h4-12,26H,1-3H3,(H,25,27). The summed E-state index contributed by atoms with van der Waals surface area (Å²) in [6.07, 6.45) is 0. The Kier molecular flexibility index (Phi) is 6.41. The molecule has 156 valence electrons. The SMILES string of the molecule is Cc1ccc(NS(=O)(=O)c2cc(C(=O)Nc3cc(Cl)ccc3C)ccc2Cl)cc1C. The zero-order valence-electron chi connectivity index (χ0n) is 16.6. The summed E-state index contributed by atoms with van der Waals surface area (Å²) in [6, 6.07) is 14.5. The maximum atomic E-state index is 12.9. The number of sulfonamides is 1. The Bertz CT molecular complexity index is 1240. The highest BCUT2D eigenvalue weighted by molar-refractivity contribution is 7.92. The van der Waals surface area contributed by atoms with Gasteiger partial charge in [0.2, 0.25) is 0 Å². The number of carbonyl (C=O) groups is 1. The van der Waals surface area contributed by atoms with Gasteiger partial charge in [-0.15, -0.1) is 0 Å². The average Bonchev–Trinajstić information content (AvgIpc) is 2.67. The minimum atomic E-state index is -4.00. The van der Waals surface area contributed by atoms with Crippen LogP contribution in [-0.2, 0) is 10.0 Å². The van der Waals surface area contributed by atoms with E-state index >= 15 is 0 Å². The number of hydrogen-bond acceptors (Lipinski definition) is 3. The van der Waals surface area contributed by atoms with Gasteiger partial charge < -0.3 is 5.32 Å². The van der Waals surface area contributed by atoms with E-state index in [0.717, 1.165) is 16.7 Å². The van der Waals surface area contributed by atoms with Gasteiger partial charge in [0.1, 0.15) is 4.90 Å². The third-order valence-corrected chi connectivity index (χ3v) is 6.79. The van der Waals surface area contributed by atoms with Crippen LogP contribution in [0.2, 0.25) is 10.0 Å². The smallest absolute Gasteiger partial charge is 0.263 e. The van der Waals surface area contributed by atoms with Gasteiger partial charge in [-0.2, -0.15) is 0 Å². The Hall–Kier alpha value is -2.54. The van der Waals surface area contributed by atoms with Crippen molar-refractivity contribution in [2.75, 3.05) is 10.0 Å². The van der Waals surface area contributed by atoms with Gasteiger partial charge in [0.05, 0.1) is 5.02 Å². The number of halogens is 2. The highest BCUT2D eigenvalue weighted by Crippen LogP contribution is 2.27. The van der Waals surface area contributed by atoms with Crippen LogP contribution in [0.25, 0.3) is 0 Å². The molecule has 0 radical (unpaired) electrons. The van der Waals surface area contributed by atoms with Gasteiger partial charge in [-0.05, 0) is 79.9 Å². The molecule has 3 aromatic carbocycles. The summed E-state index contributed by atoms with van der Waals surface area (Å²) in [4.78, 5) is 12.5. The normalized spacial score (nSPS) is 11.2. The number of carbonyl (C=O) groups excluding carboxylic acids is 1. The maximum Gasteiger partial charge on any atom is 0.263 e. The van der Waals surface area contributed by atoms with Gasteiger partial charge >= 0.3 is 0 Å². The molecule has 0 spiro atoms. The first-order valence-electron chi connectivity index (χ1n) is 9.04. The lowest BCUT2D eigenvalue weighted by Gasteiger charge is -2.13. The fourth-order valence-electron chi connectivity index (χ4n) is 2.79. The third-order valence-electron chi connectivity index (χ3n) is 4.69. The first kappa shape index (κ1) is 22.2. The van der Waals surface area contributed by atoms with Crippen molar-refractivity contribution in [1.82, 2.24) is 0 Å². The predicted octanol–water partition coefficient (Wildman–Crippen LogP) is 5.97. The minimum Gasteiger partial charge on any atom is -0.322 e. The third kappa shape index (κ3) is 4.95. The van der Waals surface area contributed by atoms with Crippen molar-refractivity contribution in [1.29, 1.82) is 0 Å². The van der Waals surface area contributed by atoms with E-state index in [0.29, 0.717) is 16.4 Å². The van der Waals surface area contributed by atoms with E-state index in [-0.39, 0.29) is 15.5 Å². The summed E-state index contributed by atoms with van der Waals surface area (Å²) in [7, 11) is -4.00. The molecule has 0 bridgehead atoms. The van der Waals surface area contributed by atoms with Crippen LogP contribution in [-0.4, -0.2) is 14.3 Å². The maximum absolute atomic E-state index is 12.9. The fraction of sp³-hybridized carbons (Fsp3) is 0.136. The minimum absolute atomic E-state index is 0.0156. The Labute approximate surface area is 186 Å². The van der Waals surface area contributed by atoms with Crippen molar-refractivity contribution >= 4 is 50.5 Å². The number of anilines is 2. The molecule has 0 aliphatic carbocycles. The number of aryl methyl sites for hydroxylation is 3. The molecule has 0 saturated carbocycles. The lowest BCUT2D eigenvalue weighted by Crippen LogP contribution is -2.17. The topological polar surface area (TPSA) is 75.3 Å². The fourth-order valence-corrected chi connectivity index (χ4v) is 4.54. The molecule has 0 heterocycles. The molecule has 1 amide bonds. The number of nitrogens with one attached hydrogen (secondary N) is 2. The summed E-state index contributed by atoms with van der Waals surface area (Å²) in [5.41, 5.74) is 3.93. The van der Waals surface area contributed by atoms with E-state index in [1.165, 1.54) is 18.2 Å². The lowest BCUT2D eigenvalue weighted by atomic mass is 10.1. The Morgan fingerprint density at radius 1 is 0.833 bits per heavy atom. The molecule has 0 atom stereocenters. The van der Waals surface area contributed by atoms with E-state index in [4.69, 9.17) is 23.2 Å². The Morgan fingerprint density at radius 2 is 1.53 bits per heavy atom. The van der Waals surface area contributed by atoms with Gasteiger partial charge in [0.25, 0.3) is 15.9 Å². The molecule has 0 saturated heterocycles. The number of benzene rings is 3. The van der Waals surface area contributed by atoms with Crippen LogP contribution in [0, 0.1) is 20.8 Å². The zero-order valence-corrected chi connectivity index (χ0v) is 18.9. The molecular formula is C22H20Cl2N2O3S. The van der Waals surface area contributed by atoms with Crippen molar-refractivity contribution in [3.05, 3.63) is 86.9 Å². The van der Waals surface area contributed by atoms with Crippen molar-refractivity contribution < 1.29 is 13.2 Å². The Balaban J connectivity index is 1.91. The molecule has 0 aliphatic rings. The van der Waals surface area contributed by atoms with Crippen LogP contribution >= 0.6 is 23.2 Å². The van der Waals surface area contributed by atoms with Crippen molar-refractivity contribution in [2.45, 2.75) is 25.7 Å². The largest absolute Gasteiger partial charge is 0.322 e. The Morgan fingerprint density at radius 3 is 2.23 bits per heavy atom. The molecule has 8 heteroatoms. The summed E-state index contributed by atoms with van der Waals surface area (Å²) >= 11 is 12.1. The molecule has 5 nitrogen and oxygen atoms in total. The van der Waals surface area contributed by atoms with Gasteiger partial charge in [-0.1, -0.05) is 35.3 Å². The van der Waals surface area contributed by atoms with E-state index in [1.807, 2.05) is 26.8 Å². The van der Waals surface area contributed by atoms with Crippen LogP contribution in [0.3, 0.4) is 0 Å². The molecule has 30 heavy (non-hydrogen) atoms. The first-order valence-corrected chi connectivity index (χ1v) is 11.3. The highest BCUT2D eigenvalue weighted by atomic mass is 35.5. The van der Waals surface area contributed by atoms with Crippen molar-refractivity contribution in [2.24, 2.45) is 0 Å². The molecule has 0 aromatic heterocycles. The van der Waals surface area contributed by atoms with Crippen LogP contribution in [0.5, 0.6) is 0 Å². The van der Waals surface area contributed by atoms with E-state index in [2.05, 4.69) is 10.0 Å². The number of amides is 1. The second kappa shape index (κ2) is 8.68. The van der Waals surface area contributed by atoms with E-state index < -0.39 is 15.9 Å². The van der Waals surface area contributed by atoms with Gasteiger partial charge in [0, 0.05) is 22.0 Å². The molecule has 0 unspecified atom stereocenters. The highest BCUT2D eigenvalue weighted by Gasteiger charge is 2.21. The number of hydrogen-bond donors (Lipinski definition) is 2. The molecule has 3 rings (SSSR count). The van der Waals surface area contributed by atoms with Crippen LogP contribution < -0.4 is 10.0 Å². The van der Waals surface area contributed by atoms with E-state index in [1.54, 1.807) is 30.3 Å². The van der Waals surface area contributed by atoms with Gasteiger partial charge in [-0.3, -0.25) is 9.52 Å². The van der Waals surface area contributed by atoms with E-state index in [9.17, 15) is 13.2 Å². The quantitative estimate of drug-likeness (QED) is 0.490. The summed E-state index contributed by atoms with van der Waals surface area (Å²) in [6.45, 7) is 5.66. The van der Waals surface area contributed by atoms with Gasteiger partial charge in [-0.25, -0.2) is 8.42 Å².